The molecule has 134 valence electrons. The van der Waals surface area contributed by atoms with E-state index in [1.807, 2.05) is 20.8 Å². The zero-order valence-corrected chi connectivity index (χ0v) is 14.8. The quantitative estimate of drug-likeness (QED) is 0.710. The summed E-state index contributed by atoms with van der Waals surface area (Å²) in [4.78, 5) is 23.0. The van der Waals surface area contributed by atoms with Crippen molar-refractivity contribution in [1.29, 1.82) is 0 Å². The van der Waals surface area contributed by atoms with Crippen molar-refractivity contribution in [1.82, 2.24) is 5.32 Å². The van der Waals surface area contributed by atoms with Gasteiger partial charge in [0.25, 0.3) is 0 Å². The van der Waals surface area contributed by atoms with E-state index in [0.29, 0.717) is 17.2 Å². The van der Waals surface area contributed by atoms with E-state index in [1.54, 1.807) is 18.2 Å². The van der Waals surface area contributed by atoms with Crippen molar-refractivity contribution in [3.63, 3.8) is 0 Å². The summed E-state index contributed by atoms with van der Waals surface area (Å²) in [5.74, 6) is 0.0228. The number of methoxy groups -OCH3 is 2. The molecule has 0 radical (unpaired) electrons. The fourth-order valence-electron chi connectivity index (χ4n) is 2.20. The first-order valence-corrected chi connectivity index (χ1v) is 7.66. The number of urea groups is 1. The molecule has 7 heteroatoms. The first kappa shape index (κ1) is 19.6. The summed E-state index contributed by atoms with van der Waals surface area (Å²) in [5, 5.41) is 14.4. The minimum Gasteiger partial charge on any atom is -0.493 e. The number of carbonyl (C=O) groups is 2. The van der Waals surface area contributed by atoms with Crippen LogP contribution >= 0.6 is 0 Å². The van der Waals surface area contributed by atoms with Crippen LogP contribution in [0.3, 0.4) is 0 Å². The molecule has 0 spiro atoms. The molecule has 3 N–H and O–H groups in total. The highest BCUT2D eigenvalue weighted by atomic mass is 16.5. The molecule has 1 atom stereocenters. The van der Waals surface area contributed by atoms with Crippen LogP contribution < -0.4 is 20.1 Å². The Labute approximate surface area is 142 Å². The third-order valence-corrected chi connectivity index (χ3v) is 3.80. The number of benzene rings is 1. The second-order valence-corrected chi connectivity index (χ2v) is 6.57. The van der Waals surface area contributed by atoms with Crippen molar-refractivity contribution in [2.75, 3.05) is 26.1 Å². The smallest absolute Gasteiger partial charge is 0.319 e. The van der Waals surface area contributed by atoms with Gasteiger partial charge in [-0.05, 0) is 23.5 Å². The van der Waals surface area contributed by atoms with Crippen LogP contribution in [0.4, 0.5) is 10.5 Å². The molecule has 0 fully saturated rings. The van der Waals surface area contributed by atoms with Gasteiger partial charge in [0.05, 0.1) is 20.6 Å². The molecule has 0 heterocycles. The Morgan fingerprint density at radius 3 is 2.29 bits per heavy atom. The lowest BCUT2D eigenvalue weighted by Crippen LogP contribution is -2.38. The zero-order chi connectivity index (χ0) is 18.3. The van der Waals surface area contributed by atoms with Gasteiger partial charge in [-0.1, -0.05) is 20.8 Å². The third-order valence-electron chi connectivity index (χ3n) is 3.80. The van der Waals surface area contributed by atoms with E-state index in [-0.39, 0.29) is 24.3 Å². The third kappa shape index (κ3) is 5.98. The van der Waals surface area contributed by atoms with Crippen LogP contribution in [0.25, 0.3) is 0 Å². The van der Waals surface area contributed by atoms with E-state index in [4.69, 9.17) is 14.6 Å². The van der Waals surface area contributed by atoms with Gasteiger partial charge in [0.2, 0.25) is 0 Å². The second kappa shape index (κ2) is 8.42. The molecule has 0 aliphatic rings. The predicted molar refractivity (Wildman–Crippen MR) is 91.8 cm³/mol. The van der Waals surface area contributed by atoms with Crippen molar-refractivity contribution in [2.24, 2.45) is 11.3 Å². The highest BCUT2D eigenvalue weighted by Gasteiger charge is 2.27. The molecule has 1 rings (SSSR count). The van der Waals surface area contributed by atoms with Crippen LogP contribution in [0.1, 0.15) is 27.2 Å². The standard InChI is InChI=1S/C17H26N2O5/c1-17(2,3)11(8-15(20)21)10-18-16(22)19-12-6-7-13(23-4)14(9-12)24-5/h6-7,9,11H,8,10H2,1-5H3,(H,20,21)(H2,18,19,22). The van der Waals surface area contributed by atoms with Gasteiger partial charge in [0, 0.05) is 18.3 Å². The van der Waals surface area contributed by atoms with Gasteiger partial charge < -0.3 is 25.2 Å². The average Bonchev–Trinajstić information content (AvgIpc) is 2.49. The Morgan fingerprint density at radius 2 is 1.79 bits per heavy atom. The highest BCUT2D eigenvalue weighted by Crippen LogP contribution is 2.30. The molecule has 1 unspecified atom stereocenters. The molecular weight excluding hydrogens is 312 g/mol. The van der Waals surface area contributed by atoms with Gasteiger partial charge in [0.1, 0.15) is 0 Å². The Bertz CT molecular complexity index is 581. The highest BCUT2D eigenvalue weighted by molar-refractivity contribution is 5.89. The number of anilines is 1. The molecule has 2 amide bonds. The Kier molecular flexibility index (Phi) is 6.88. The Balaban J connectivity index is 2.67. The summed E-state index contributed by atoms with van der Waals surface area (Å²) < 4.78 is 10.3. The summed E-state index contributed by atoms with van der Waals surface area (Å²) >= 11 is 0. The van der Waals surface area contributed by atoms with E-state index in [1.165, 1.54) is 14.2 Å². The van der Waals surface area contributed by atoms with Gasteiger partial charge in [-0.15, -0.1) is 0 Å². The molecule has 0 saturated heterocycles. The molecule has 1 aromatic carbocycles. The van der Waals surface area contributed by atoms with E-state index in [9.17, 15) is 9.59 Å². The van der Waals surface area contributed by atoms with Crippen LogP contribution in [-0.2, 0) is 4.79 Å². The fourth-order valence-corrected chi connectivity index (χ4v) is 2.20. The normalized spacial score (nSPS) is 12.2. The molecule has 1 aromatic rings. The number of nitrogens with one attached hydrogen (secondary N) is 2. The van der Waals surface area contributed by atoms with Crippen LogP contribution in [0.5, 0.6) is 11.5 Å². The maximum atomic E-state index is 12.0. The van der Waals surface area contributed by atoms with E-state index >= 15 is 0 Å². The van der Waals surface area contributed by atoms with E-state index < -0.39 is 12.0 Å². The lowest BCUT2D eigenvalue weighted by atomic mass is 9.79. The molecule has 0 saturated carbocycles. The molecule has 0 aromatic heterocycles. The van der Waals surface area contributed by atoms with Crippen LogP contribution in [0, 0.1) is 11.3 Å². The van der Waals surface area contributed by atoms with Gasteiger partial charge in [-0.2, -0.15) is 0 Å². The molecular formula is C17H26N2O5. The monoisotopic (exact) mass is 338 g/mol. The van der Waals surface area contributed by atoms with Crippen molar-refractivity contribution in [2.45, 2.75) is 27.2 Å². The van der Waals surface area contributed by atoms with Gasteiger partial charge in [0.15, 0.2) is 11.5 Å². The lowest BCUT2D eigenvalue weighted by Gasteiger charge is -2.29. The largest absolute Gasteiger partial charge is 0.493 e. The second-order valence-electron chi connectivity index (χ2n) is 6.57. The number of carbonyl (C=O) groups excluding carboxylic acids is 1. The summed E-state index contributed by atoms with van der Waals surface area (Å²) in [7, 11) is 3.05. The number of aliphatic carboxylic acids is 1. The van der Waals surface area contributed by atoms with Crippen molar-refractivity contribution in [3.8, 4) is 11.5 Å². The molecule has 7 nitrogen and oxygen atoms in total. The molecule has 0 aliphatic heterocycles. The number of carboxylic acids is 1. The van der Waals surface area contributed by atoms with E-state index in [2.05, 4.69) is 10.6 Å². The molecule has 24 heavy (non-hydrogen) atoms. The minimum atomic E-state index is -0.878. The average molecular weight is 338 g/mol. The Hall–Kier alpha value is -2.44. The van der Waals surface area contributed by atoms with Gasteiger partial charge >= 0.3 is 12.0 Å². The Morgan fingerprint density at radius 1 is 1.17 bits per heavy atom. The predicted octanol–water partition coefficient (Wildman–Crippen LogP) is 2.96. The maximum Gasteiger partial charge on any atom is 0.319 e. The first-order chi connectivity index (χ1) is 11.2. The van der Waals surface area contributed by atoms with Crippen LogP contribution in [0.15, 0.2) is 18.2 Å². The number of rotatable bonds is 7. The zero-order valence-electron chi connectivity index (χ0n) is 14.8. The molecule has 0 bridgehead atoms. The van der Waals surface area contributed by atoms with Gasteiger partial charge in [-0.3, -0.25) is 4.79 Å². The number of ether oxygens (including phenoxy) is 2. The topological polar surface area (TPSA) is 96.9 Å². The summed E-state index contributed by atoms with van der Waals surface area (Å²) in [6.45, 7) is 6.13. The summed E-state index contributed by atoms with van der Waals surface area (Å²) in [6, 6.07) is 4.63. The SMILES string of the molecule is COc1ccc(NC(=O)NCC(CC(=O)O)C(C)(C)C)cc1OC. The van der Waals surface area contributed by atoms with Gasteiger partial charge in [-0.25, -0.2) is 4.79 Å². The summed E-state index contributed by atoms with van der Waals surface area (Å²) in [6.07, 6.45) is 0.000138. The number of hydrogen-bond acceptors (Lipinski definition) is 4. The van der Waals surface area contributed by atoms with Crippen LogP contribution in [-0.4, -0.2) is 37.9 Å². The number of carboxylic acid groups (broad SMARTS) is 1. The number of amides is 2. The summed E-state index contributed by atoms with van der Waals surface area (Å²) in [5.41, 5.74) is 0.324. The van der Waals surface area contributed by atoms with Crippen molar-refractivity contribution >= 4 is 17.7 Å². The fraction of sp³-hybridized carbons (Fsp3) is 0.529. The van der Waals surface area contributed by atoms with E-state index in [0.717, 1.165) is 0 Å². The van der Waals surface area contributed by atoms with Crippen LogP contribution in [0.2, 0.25) is 0 Å². The number of hydrogen-bond donors (Lipinski definition) is 3. The lowest BCUT2D eigenvalue weighted by molar-refractivity contribution is -0.139. The van der Waals surface area contributed by atoms with Crippen molar-refractivity contribution < 1.29 is 24.2 Å². The molecule has 0 aliphatic carbocycles. The first-order valence-electron chi connectivity index (χ1n) is 7.66. The minimum absolute atomic E-state index is 0.000138. The van der Waals surface area contributed by atoms with Crippen molar-refractivity contribution in [3.05, 3.63) is 18.2 Å². The maximum absolute atomic E-state index is 12.0.